The van der Waals surface area contributed by atoms with E-state index >= 15 is 0 Å². The van der Waals surface area contributed by atoms with Gasteiger partial charge in [-0.25, -0.2) is 9.98 Å². The van der Waals surface area contributed by atoms with Crippen LogP contribution in [0.1, 0.15) is 37.1 Å². The van der Waals surface area contributed by atoms with E-state index in [1.54, 1.807) is 0 Å². The van der Waals surface area contributed by atoms with Gasteiger partial charge in [0.05, 0.1) is 0 Å². The fourth-order valence-corrected chi connectivity index (χ4v) is 3.91. The summed E-state index contributed by atoms with van der Waals surface area (Å²) in [6.45, 7) is 4.75. The van der Waals surface area contributed by atoms with Crippen LogP contribution in [0, 0.1) is 0 Å². The lowest BCUT2D eigenvalue weighted by Crippen LogP contribution is -2.37. The van der Waals surface area contributed by atoms with Gasteiger partial charge in [-0.1, -0.05) is 60.7 Å². The standard InChI is InChI=1S/C23H24N2O4/c1-23(2)28-19(21-24-17(13-26-21)15-9-5-3-6-10-15)20(29-23)22-25-18(14-27-22)16-11-7-4-8-12-16/h3-12,17-20H,13-14H2,1-2H3/t17-,18-,19-,20-/m1/s1. The second-order valence-corrected chi connectivity index (χ2v) is 7.89. The van der Waals surface area contributed by atoms with Crippen LogP contribution in [0.2, 0.25) is 0 Å². The van der Waals surface area contributed by atoms with E-state index in [0.717, 1.165) is 11.1 Å². The third-order valence-electron chi connectivity index (χ3n) is 5.30. The van der Waals surface area contributed by atoms with Crippen LogP contribution in [0.25, 0.3) is 0 Å². The van der Waals surface area contributed by atoms with Crippen LogP contribution in [-0.2, 0) is 18.9 Å². The molecule has 5 rings (SSSR count). The van der Waals surface area contributed by atoms with Crippen molar-refractivity contribution in [2.24, 2.45) is 9.98 Å². The molecule has 2 aromatic carbocycles. The molecule has 150 valence electrons. The van der Waals surface area contributed by atoms with Crippen molar-refractivity contribution < 1.29 is 18.9 Å². The zero-order valence-corrected chi connectivity index (χ0v) is 16.5. The van der Waals surface area contributed by atoms with E-state index in [4.69, 9.17) is 28.9 Å². The summed E-state index contributed by atoms with van der Waals surface area (Å²) in [4.78, 5) is 9.57. The molecule has 6 nitrogen and oxygen atoms in total. The van der Waals surface area contributed by atoms with Gasteiger partial charge in [0.2, 0.25) is 11.8 Å². The first kappa shape index (κ1) is 18.3. The van der Waals surface area contributed by atoms with E-state index in [1.165, 1.54) is 0 Å². The zero-order valence-electron chi connectivity index (χ0n) is 16.5. The van der Waals surface area contributed by atoms with Crippen molar-refractivity contribution in [3.8, 4) is 0 Å². The highest BCUT2D eigenvalue weighted by molar-refractivity contribution is 5.93. The highest BCUT2D eigenvalue weighted by Gasteiger charge is 2.50. The summed E-state index contributed by atoms with van der Waals surface area (Å²) in [5, 5.41) is 0. The molecule has 0 radical (unpaired) electrons. The molecule has 2 aromatic rings. The number of ether oxygens (including phenoxy) is 4. The monoisotopic (exact) mass is 392 g/mol. The Morgan fingerprint density at radius 1 is 0.690 bits per heavy atom. The Morgan fingerprint density at radius 2 is 1.10 bits per heavy atom. The van der Waals surface area contributed by atoms with Gasteiger partial charge >= 0.3 is 0 Å². The highest BCUT2D eigenvalue weighted by atomic mass is 16.8. The van der Waals surface area contributed by atoms with Crippen LogP contribution in [0.15, 0.2) is 70.6 Å². The molecular formula is C23H24N2O4. The fraction of sp³-hybridized carbons (Fsp3) is 0.391. The maximum atomic E-state index is 6.14. The van der Waals surface area contributed by atoms with Crippen LogP contribution < -0.4 is 0 Å². The van der Waals surface area contributed by atoms with E-state index in [0.29, 0.717) is 25.0 Å². The van der Waals surface area contributed by atoms with Crippen LogP contribution in [-0.4, -0.2) is 43.0 Å². The normalized spacial score (nSPS) is 30.4. The Morgan fingerprint density at radius 3 is 1.52 bits per heavy atom. The third-order valence-corrected chi connectivity index (χ3v) is 5.30. The first-order valence-corrected chi connectivity index (χ1v) is 9.95. The minimum Gasteiger partial charge on any atom is -0.476 e. The zero-order chi connectivity index (χ0) is 19.8. The molecule has 0 N–H and O–H groups in total. The quantitative estimate of drug-likeness (QED) is 0.793. The van der Waals surface area contributed by atoms with Gasteiger partial charge in [0.25, 0.3) is 0 Å². The van der Waals surface area contributed by atoms with Crippen molar-refractivity contribution >= 4 is 11.8 Å². The Labute approximate surface area is 170 Å². The van der Waals surface area contributed by atoms with Gasteiger partial charge in [0.1, 0.15) is 25.3 Å². The fourth-order valence-electron chi connectivity index (χ4n) is 3.91. The Bertz CT molecular complexity index is 851. The molecule has 4 atom stereocenters. The summed E-state index contributed by atoms with van der Waals surface area (Å²) in [7, 11) is 0. The number of rotatable bonds is 4. The van der Waals surface area contributed by atoms with Gasteiger partial charge in [-0.15, -0.1) is 0 Å². The Kier molecular flexibility index (Phi) is 4.60. The summed E-state index contributed by atoms with van der Waals surface area (Å²) in [5.41, 5.74) is 2.24. The third kappa shape index (κ3) is 3.66. The molecule has 0 amide bonds. The molecule has 3 aliphatic rings. The SMILES string of the molecule is CC1(C)O[C@@H](C2=N[C@@H](c3ccccc3)CO2)[C@H](C2=N[C@@H](c3ccccc3)CO2)O1. The Balaban J connectivity index is 1.39. The van der Waals surface area contributed by atoms with E-state index in [-0.39, 0.29) is 12.1 Å². The molecule has 29 heavy (non-hydrogen) atoms. The van der Waals surface area contributed by atoms with Gasteiger partial charge in [-0.3, -0.25) is 0 Å². The number of hydrogen-bond donors (Lipinski definition) is 0. The van der Waals surface area contributed by atoms with Crippen LogP contribution in [0.4, 0.5) is 0 Å². The summed E-state index contributed by atoms with van der Waals surface area (Å²) < 4.78 is 24.2. The number of hydrogen-bond acceptors (Lipinski definition) is 6. The summed E-state index contributed by atoms with van der Waals surface area (Å²) in [6, 6.07) is 20.2. The minimum absolute atomic E-state index is 0.0392. The Hall–Kier alpha value is -2.70. The predicted molar refractivity (Wildman–Crippen MR) is 109 cm³/mol. The van der Waals surface area contributed by atoms with Gasteiger partial charge in [-0.2, -0.15) is 0 Å². The van der Waals surface area contributed by atoms with Gasteiger partial charge in [-0.05, 0) is 25.0 Å². The maximum Gasteiger partial charge on any atom is 0.217 e. The smallest absolute Gasteiger partial charge is 0.217 e. The van der Waals surface area contributed by atoms with Crippen molar-refractivity contribution in [2.75, 3.05) is 13.2 Å². The molecule has 1 saturated heterocycles. The van der Waals surface area contributed by atoms with E-state index < -0.39 is 18.0 Å². The van der Waals surface area contributed by atoms with Crippen LogP contribution >= 0.6 is 0 Å². The molecular weight excluding hydrogens is 368 g/mol. The first-order chi connectivity index (χ1) is 14.1. The number of benzene rings is 2. The maximum absolute atomic E-state index is 6.14. The molecule has 0 unspecified atom stereocenters. The summed E-state index contributed by atoms with van der Waals surface area (Å²) in [5.74, 6) is 0.315. The number of aliphatic imine (C=N–C) groups is 2. The summed E-state index contributed by atoms with van der Waals surface area (Å²) in [6.07, 6.45) is -0.959. The lowest BCUT2D eigenvalue weighted by atomic mass is 10.1. The predicted octanol–water partition coefficient (Wildman–Crippen LogP) is 3.85. The average molecular weight is 392 g/mol. The van der Waals surface area contributed by atoms with Crippen molar-refractivity contribution in [1.82, 2.24) is 0 Å². The molecule has 0 bridgehead atoms. The van der Waals surface area contributed by atoms with Crippen LogP contribution in [0.3, 0.4) is 0 Å². The molecule has 0 aromatic heterocycles. The van der Waals surface area contributed by atoms with Crippen molar-refractivity contribution in [1.29, 1.82) is 0 Å². The van der Waals surface area contributed by atoms with E-state index in [1.807, 2.05) is 50.2 Å². The average Bonchev–Trinajstić information content (AvgIpc) is 3.47. The molecule has 1 fully saturated rings. The molecule has 0 spiro atoms. The van der Waals surface area contributed by atoms with E-state index in [9.17, 15) is 0 Å². The van der Waals surface area contributed by atoms with Crippen molar-refractivity contribution in [2.45, 2.75) is 43.9 Å². The van der Waals surface area contributed by atoms with Crippen molar-refractivity contribution in [3.63, 3.8) is 0 Å². The molecule has 3 heterocycles. The molecule has 0 aliphatic carbocycles. The number of nitrogens with zero attached hydrogens (tertiary/aromatic N) is 2. The lowest BCUT2D eigenvalue weighted by molar-refractivity contribution is -0.138. The molecule has 0 saturated carbocycles. The topological polar surface area (TPSA) is 61.6 Å². The lowest BCUT2D eigenvalue weighted by Gasteiger charge is -2.16. The minimum atomic E-state index is -0.775. The molecule has 6 heteroatoms. The largest absolute Gasteiger partial charge is 0.476 e. The van der Waals surface area contributed by atoms with Gasteiger partial charge in [0, 0.05) is 0 Å². The van der Waals surface area contributed by atoms with E-state index in [2.05, 4.69) is 24.3 Å². The second kappa shape index (κ2) is 7.28. The van der Waals surface area contributed by atoms with Gasteiger partial charge < -0.3 is 18.9 Å². The summed E-state index contributed by atoms with van der Waals surface area (Å²) >= 11 is 0. The first-order valence-electron chi connectivity index (χ1n) is 9.95. The molecule has 3 aliphatic heterocycles. The van der Waals surface area contributed by atoms with Crippen LogP contribution in [0.5, 0.6) is 0 Å². The second-order valence-electron chi connectivity index (χ2n) is 7.89. The highest BCUT2D eigenvalue weighted by Crippen LogP contribution is 2.36. The van der Waals surface area contributed by atoms with Crippen molar-refractivity contribution in [3.05, 3.63) is 71.8 Å². The van der Waals surface area contributed by atoms with Gasteiger partial charge in [0.15, 0.2) is 18.0 Å².